The van der Waals surface area contributed by atoms with Gasteiger partial charge in [0, 0.05) is 23.7 Å². The van der Waals surface area contributed by atoms with Crippen LogP contribution >= 0.6 is 12.2 Å². The number of hydrazone groups is 1. The lowest BCUT2D eigenvalue weighted by Crippen LogP contribution is -2.23. The van der Waals surface area contributed by atoms with Crippen LogP contribution in [0.1, 0.15) is 12.0 Å². The molecule has 7 nitrogen and oxygen atoms in total. The number of hydrogen-bond acceptors (Lipinski definition) is 6. The highest BCUT2D eigenvalue weighted by Crippen LogP contribution is 2.30. The van der Waals surface area contributed by atoms with Crippen LogP contribution in [0.3, 0.4) is 0 Å². The van der Waals surface area contributed by atoms with Crippen molar-refractivity contribution in [2.24, 2.45) is 5.10 Å². The zero-order chi connectivity index (χ0) is 23.3. The van der Waals surface area contributed by atoms with Crippen molar-refractivity contribution in [2.45, 2.75) is 6.42 Å². The Morgan fingerprint density at radius 1 is 0.879 bits per heavy atom. The third-order valence-corrected chi connectivity index (χ3v) is 4.67. The number of ether oxygens (including phenoxy) is 4. The van der Waals surface area contributed by atoms with Crippen LogP contribution in [0.4, 0.5) is 5.69 Å². The normalized spacial score (nSPS) is 10.5. The van der Waals surface area contributed by atoms with Crippen LogP contribution in [-0.4, -0.2) is 38.8 Å². The molecule has 8 heteroatoms. The lowest BCUT2D eigenvalue weighted by atomic mass is 10.2. The van der Waals surface area contributed by atoms with Gasteiger partial charge < -0.3 is 24.3 Å². The standard InChI is InChI=1S/C25H27N3O4S/c1-29-21-12-7-13-22(17-21)31-15-8-16-32-24-19(9-6-14-23(24)30-2)18-26-28-25(33)27-20-10-4-3-5-11-20/h3-7,9-14,17-18H,8,15-16H2,1-2H3,(H2,27,28,33). The predicted octanol–water partition coefficient (Wildman–Crippen LogP) is 4.87. The van der Waals surface area contributed by atoms with E-state index in [1.165, 1.54) is 0 Å². The van der Waals surface area contributed by atoms with Crippen LogP contribution in [0.2, 0.25) is 0 Å². The van der Waals surface area contributed by atoms with Crippen molar-refractivity contribution in [3.63, 3.8) is 0 Å². The minimum atomic E-state index is 0.387. The molecule has 3 aromatic carbocycles. The smallest absolute Gasteiger partial charge is 0.191 e. The Morgan fingerprint density at radius 3 is 2.42 bits per heavy atom. The molecule has 0 atom stereocenters. The molecule has 0 radical (unpaired) electrons. The van der Waals surface area contributed by atoms with E-state index >= 15 is 0 Å². The maximum absolute atomic E-state index is 6.00. The van der Waals surface area contributed by atoms with Crippen molar-refractivity contribution >= 4 is 29.2 Å². The van der Waals surface area contributed by atoms with Gasteiger partial charge in [0.2, 0.25) is 0 Å². The maximum Gasteiger partial charge on any atom is 0.191 e. The van der Waals surface area contributed by atoms with Crippen molar-refractivity contribution < 1.29 is 18.9 Å². The summed E-state index contributed by atoms with van der Waals surface area (Å²) in [4.78, 5) is 0. The molecular weight excluding hydrogens is 438 g/mol. The minimum Gasteiger partial charge on any atom is -0.497 e. The van der Waals surface area contributed by atoms with E-state index in [-0.39, 0.29) is 0 Å². The van der Waals surface area contributed by atoms with Gasteiger partial charge in [0.25, 0.3) is 0 Å². The quantitative estimate of drug-likeness (QED) is 0.181. The van der Waals surface area contributed by atoms with Crippen LogP contribution in [0.5, 0.6) is 23.0 Å². The van der Waals surface area contributed by atoms with Crippen molar-refractivity contribution in [3.05, 3.63) is 78.4 Å². The van der Waals surface area contributed by atoms with Crippen molar-refractivity contribution in [3.8, 4) is 23.0 Å². The summed E-state index contributed by atoms with van der Waals surface area (Å²) in [7, 11) is 3.23. The average molecular weight is 466 g/mol. The third-order valence-electron chi connectivity index (χ3n) is 4.48. The Kier molecular flexibility index (Phi) is 9.35. The van der Waals surface area contributed by atoms with Gasteiger partial charge >= 0.3 is 0 Å². The summed E-state index contributed by atoms with van der Waals surface area (Å²) in [6, 6.07) is 22.7. The molecule has 0 aliphatic rings. The highest BCUT2D eigenvalue weighted by atomic mass is 32.1. The van der Waals surface area contributed by atoms with E-state index in [1.807, 2.05) is 72.8 Å². The largest absolute Gasteiger partial charge is 0.497 e. The molecule has 3 aromatic rings. The fourth-order valence-electron chi connectivity index (χ4n) is 2.90. The number of para-hydroxylation sites is 2. The van der Waals surface area contributed by atoms with E-state index in [2.05, 4.69) is 15.8 Å². The Labute approximate surface area is 199 Å². The highest BCUT2D eigenvalue weighted by Gasteiger charge is 2.09. The summed E-state index contributed by atoms with van der Waals surface area (Å²) in [6.07, 6.45) is 2.33. The van der Waals surface area contributed by atoms with Crippen molar-refractivity contribution in [2.75, 3.05) is 32.8 Å². The number of anilines is 1. The van der Waals surface area contributed by atoms with E-state index in [9.17, 15) is 0 Å². The molecule has 0 aliphatic heterocycles. The van der Waals surface area contributed by atoms with Gasteiger partial charge in [-0.2, -0.15) is 5.10 Å². The van der Waals surface area contributed by atoms with Crippen LogP contribution in [0, 0.1) is 0 Å². The van der Waals surface area contributed by atoms with Gasteiger partial charge in [0.15, 0.2) is 16.6 Å². The summed E-state index contributed by atoms with van der Waals surface area (Å²) in [5.74, 6) is 2.74. The molecule has 33 heavy (non-hydrogen) atoms. The van der Waals surface area contributed by atoms with E-state index in [1.54, 1.807) is 20.4 Å². The molecule has 0 amide bonds. The lowest BCUT2D eigenvalue weighted by molar-refractivity contribution is 0.240. The molecule has 172 valence electrons. The second-order valence-electron chi connectivity index (χ2n) is 6.80. The molecule has 0 heterocycles. The Hall–Kier alpha value is -3.78. The van der Waals surface area contributed by atoms with Gasteiger partial charge in [0.1, 0.15) is 11.5 Å². The van der Waals surface area contributed by atoms with Crippen LogP contribution < -0.4 is 29.7 Å². The van der Waals surface area contributed by atoms with E-state index in [0.717, 1.165) is 22.7 Å². The minimum absolute atomic E-state index is 0.387. The SMILES string of the molecule is COc1cccc(OCCCOc2c(C=NNC(=S)Nc3ccccc3)cccc2OC)c1. The summed E-state index contributed by atoms with van der Waals surface area (Å²) in [5.41, 5.74) is 4.45. The molecular formula is C25H27N3O4S. The molecule has 3 rings (SSSR count). The van der Waals surface area contributed by atoms with Crippen molar-refractivity contribution in [1.29, 1.82) is 0 Å². The van der Waals surface area contributed by atoms with E-state index in [0.29, 0.717) is 36.2 Å². The van der Waals surface area contributed by atoms with Gasteiger partial charge in [-0.3, -0.25) is 5.43 Å². The molecule has 0 saturated carbocycles. The number of thiocarbonyl (C=S) groups is 1. The zero-order valence-electron chi connectivity index (χ0n) is 18.6. The number of nitrogens with one attached hydrogen (secondary N) is 2. The first kappa shape index (κ1) is 23.9. The lowest BCUT2D eigenvalue weighted by Gasteiger charge is -2.14. The monoisotopic (exact) mass is 465 g/mol. The first-order chi connectivity index (χ1) is 16.2. The summed E-state index contributed by atoms with van der Waals surface area (Å²) >= 11 is 5.27. The zero-order valence-corrected chi connectivity index (χ0v) is 19.4. The first-order valence-corrected chi connectivity index (χ1v) is 10.8. The number of rotatable bonds is 11. The van der Waals surface area contributed by atoms with E-state index in [4.69, 9.17) is 31.2 Å². The number of nitrogens with zero attached hydrogens (tertiary/aromatic N) is 1. The molecule has 0 spiro atoms. The van der Waals surface area contributed by atoms with Crippen LogP contribution in [0.15, 0.2) is 77.9 Å². The second kappa shape index (κ2) is 12.9. The fraction of sp³-hybridized carbons (Fsp3) is 0.200. The summed E-state index contributed by atoms with van der Waals surface area (Å²) in [5, 5.41) is 7.67. The van der Waals surface area contributed by atoms with Gasteiger partial charge in [-0.15, -0.1) is 0 Å². The molecule has 0 bridgehead atoms. The Bertz CT molecular complexity index is 1060. The van der Waals surface area contributed by atoms with E-state index < -0.39 is 0 Å². The third kappa shape index (κ3) is 7.69. The molecule has 0 saturated heterocycles. The molecule has 0 aromatic heterocycles. The number of methoxy groups -OCH3 is 2. The Morgan fingerprint density at radius 2 is 1.64 bits per heavy atom. The summed E-state index contributed by atoms with van der Waals surface area (Å²) < 4.78 is 22.4. The average Bonchev–Trinajstić information content (AvgIpc) is 2.85. The van der Waals surface area contributed by atoms with Crippen LogP contribution in [-0.2, 0) is 0 Å². The predicted molar refractivity (Wildman–Crippen MR) is 135 cm³/mol. The van der Waals surface area contributed by atoms with Gasteiger partial charge in [-0.1, -0.05) is 30.3 Å². The highest BCUT2D eigenvalue weighted by molar-refractivity contribution is 7.80. The summed E-state index contributed by atoms with van der Waals surface area (Å²) in [6.45, 7) is 0.958. The topological polar surface area (TPSA) is 73.3 Å². The molecule has 2 N–H and O–H groups in total. The molecule has 0 fully saturated rings. The molecule has 0 aliphatic carbocycles. The number of benzene rings is 3. The maximum atomic E-state index is 6.00. The van der Waals surface area contributed by atoms with Crippen LogP contribution in [0.25, 0.3) is 0 Å². The first-order valence-electron chi connectivity index (χ1n) is 10.4. The second-order valence-corrected chi connectivity index (χ2v) is 7.21. The van der Waals surface area contributed by atoms with Crippen molar-refractivity contribution in [1.82, 2.24) is 5.43 Å². The Balaban J connectivity index is 1.52. The van der Waals surface area contributed by atoms with Gasteiger partial charge in [-0.25, -0.2) is 0 Å². The van der Waals surface area contributed by atoms with Gasteiger partial charge in [0.05, 0.1) is 33.6 Å². The molecule has 0 unspecified atom stereocenters. The van der Waals surface area contributed by atoms with Gasteiger partial charge in [-0.05, 0) is 48.6 Å². The number of hydrogen-bond donors (Lipinski definition) is 2. The fourth-order valence-corrected chi connectivity index (χ4v) is 3.08.